The van der Waals surface area contributed by atoms with Crippen molar-refractivity contribution in [3.63, 3.8) is 0 Å². The molecule has 0 aromatic heterocycles. The average Bonchev–Trinajstić information content (AvgIpc) is 3.31. The highest BCUT2D eigenvalue weighted by atomic mass is 16.5. The van der Waals surface area contributed by atoms with Gasteiger partial charge in [-0.3, -0.25) is 24.6 Å². The van der Waals surface area contributed by atoms with Gasteiger partial charge in [0.2, 0.25) is 11.8 Å². The third-order valence-corrected chi connectivity index (χ3v) is 7.11. The lowest BCUT2D eigenvalue weighted by Crippen LogP contribution is -2.48. The Labute approximate surface area is 188 Å². The minimum atomic E-state index is -0.379. The number of benzene rings is 1. The van der Waals surface area contributed by atoms with E-state index in [2.05, 4.69) is 10.2 Å². The molecule has 1 aromatic rings. The summed E-state index contributed by atoms with van der Waals surface area (Å²) < 4.78 is 12.1. The number of piperidine rings is 1. The molecule has 0 spiro atoms. The maximum absolute atomic E-state index is 12.9. The van der Waals surface area contributed by atoms with Gasteiger partial charge in [0.05, 0.1) is 0 Å². The molecule has 0 bridgehead atoms. The Kier molecular flexibility index (Phi) is 6.15. The fraction of sp³-hybridized carbons (Fsp3) is 0.625. The standard InChI is InChI=1S/C24H31N3O5/c28-22-13-17(14-23(29)25-22)27-15-16-12-18(6-7-19(16)24(27)30)32-21-5-1-4-20(21)26-8-2-10-31-11-3-9-26/h6-7,12,17,20-21H,1-5,8-11,13-15H2,(H,25,28,29)/t20-,21-/m0/s1. The largest absolute Gasteiger partial charge is 0.489 e. The topological polar surface area (TPSA) is 88.2 Å². The first-order chi connectivity index (χ1) is 15.6. The molecule has 2 saturated heterocycles. The zero-order chi connectivity index (χ0) is 22.1. The molecule has 4 aliphatic rings. The number of carbonyl (C=O) groups is 3. The molecule has 3 fully saturated rings. The van der Waals surface area contributed by atoms with Gasteiger partial charge >= 0.3 is 0 Å². The molecule has 1 aliphatic carbocycles. The lowest BCUT2D eigenvalue weighted by atomic mass is 10.0. The molecule has 3 amide bonds. The fourth-order valence-corrected chi connectivity index (χ4v) is 5.59. The lowest BCUT2D eigenvalue weighted by Gasteiger charge is -2.34. The Bertz CT molecular complexity index is 880. The first-order valence-corrected chi connectivity index (χ1v) is 11.8. The van der Waals surface area contributed by atoms with E-state index in [4.69, 9.17) is 9.47 Å². The number of amides is 3. The summed E-state index contributed by atoms with van der Waals surface area (Å²) in [4.78, 5) is 40.7. The van der Waals surface area contributed by atoms with Crippen LogP contribution < -0.4 is 10.1 Å². The van der Waals surface area contributed by atoms with Gasteiger partial charge in [0.15, 0.2) is 0 Å². The molecule has 5 rings (SSSR count). The van der Waals surface area contributed by atoms with Gasteiger partial charge < -0.3 is 14.4 Å². The Morgan fingerprint density at radius 2 is 1.72 bits per heavy atom. The molecule has 0 radical (unpaired) electrons. The molecule has 0 unspecified atom stereocenters. The number of rotatable bonds is 4. The molecule has 8 nitrogen and oxygen atoms in total. The van der Waals surface area contributed by atoms with Crippen molar-refractivity contribution in [3.8, 4) is 5.75 Å². The monoisotopic (exact) mass is 441 g/mol. The van der Waals surface area contributed by atoms with Gasteiger partial charge in [-0.2, -0.15) is 0 Å². The highest BCUT2D eigenvalue weighted by Gasteiger charge is 2.38. The second kappa shape index (κ2) is 9.19. The van der Waals surface area contributed by atoms with Crippen LogP contribution in [0.3, 0.4) is 0 Å². The van der Waals surface area contributed by atoms with Crippen molar-refractivity contribution in [2.45, 2.75) is 69.7 Å². The van der Waals surface area contributed by atoms with Crippen molar-refractivity contribution in [2.75, 3.05) is 26.3 Å². The van der Waals surface area contributed by atoms with Gasteiger partial charge in [-0.25, -0.2) is 0 Å². The van der Waals surface area contributed by atoms with Crippen LogP contribution in [0.5, 0.6) is 5.75 Å². The summed E-state index contributed by atoms with van der Waals surface area (Å²) in [7, 11) is 0. The first-order valence-electron chi connectivity index (χ1n) is 11.8. The van der Waals surface area contributed by atoms with E-state index < -0.39 is 0 Å². The van der Waals surface area contributed by atoms with Crippen LogP contribution >= 0.6 is 0 Å². The van der Waals surface area contributed by atoms with Crippen LogP contribution in [0.15, 0.2) is 18.2 Å². The van der Waals surface area contributed by atoms with Crippen LogP contribution in [0.25, 0.3) is 0 Å². The Morgan fingerprint density at radius 1 is 0.969 bits per heavy atom. The van der Waals surface area contributed by atoms with Crippen LogP contribution in [0.2, 0.25) is 0 Å². The molecule has 1 saturated carbocycles. The summed E-state index contributed by atoms with van der Waals surface area (Å²) in [6.45, 7) is 4.17. The quantitative estimate of drug-likeness (QED) is 0.718. The van der Waals surface area contributed by atoms with Crippen molar-refractivity contribution in [1.29, 1.82) is 0 Å². The number of carbonyl (C=O) groups excluding carboxylic acids is 3. The molecular weight excluding hydrogens is 410 g/mol. The molecule has 2 atom stereocenters. The van der Waals surface area contributed by atoms with Crippen molar-refractivity contribution < 1.29 is 23.9 Å². The fourth-order valence-electron chi connectivity index (χ4n) is 5.59. The maximum Gasteiger partial charge on any atom is 0.254 e. The van der Waals surface area contributed by atoms with Crippen LogP contribution in [-0.4, -0.2) is 72.0 Å². The van der Waals surface area contributed by atoms with Gasteiger partial charge in [-0.15, -0.1) is 0 Å². The number of nitrogens with one attached hydrogen (secondary N) is 1. The van der Waals surface area contributed by atoms with Crippen LogP contribution in [0.4, 0.5) is 0 Å². The number of imide groups is 1. The summed E-state index contributed by atoms with van der Waals surface area (Å²) >= 11 is 0. The van der Waals surface area contributed by atoms with Gasteiger partial charge in [0.1, 0.15) is 11.9 Å². The van der Waals surface area contributed by atoms with Gasteiger partial charge in [-0.1, -0.05) is 0 Å². The summed E-state index contributed by atoms with van der Waals surface area (Å²) in [5.74, 6) is 0.0490. The third kappa shape index (κ3) is 4.38. The van der Waals surface area contributed by atoms with E-state index in [0.29, 0.717) is 18.2 Å². The normalized spacial score (nSPS) is 27.8. The summed E-state index contributed by atoms with van der Waals surface area (Å²) in [6.07, 6.45) is 5.96. The second-order valence-electron chi connectivity index (χ2n) is 9.30. The number of ether oxygens (including phenoxy) is 2. The maximum atomic E-state index is 12.9. The number of nitrogens with zero attached hydrogens (tertiary/aromatic N) is 2. The van der Waals surface area contributed by atoms with E-state index in [1.54, 1.807) is 4.90 Å². The molecule has 1 N–H and O–H groups in total. The van der Waals surface area contributed by atoms with Gasteiger partial charge in [0.25, 0.3) is 5.91 Å². The van der Waals surface area contributed by atoms with E-state index >= 15 is 0 Å². The summed E-state index contributed by atoms with van der Waals surface area (Å²) in [5.41, 5.74) is 1.55. The Balaban J connectivity index is 1.26. The van der Waals surface area contributed by atoms with Gasteiger partial charge in [-0.05, 0) is 55.9 Å². The van der Waals surface area contributed by atoms with E-state index in [9.17, 15) is 14.4 Å². The van der Waals surface area contributed by atoms with Gasteiger partial charge in [0, 0.05) is 63.3 Å². The molecule has 3 heterocycles. The Hall–Kier alpha value is -2.45. The van der Waals surface area contributed by atoms with Crippen molar-refractivity contribution in [1.82, 2.24) is 15.1 Å². The molecular formula is C24H31N3O5. The summed E-state index contributed by atoms with van der Waals surface area (Å²) in [6, 6.07) is 5.72. The molecule has 32 heavy (non-hydrogen) atoms. The SMILES string of the molecule is O=C1CC(N2Cc3cc(O[C@H]4CCC[C@@H]4N4CCCOCCC4)ccc3C2=O)CC(=O)N1. The zero-order valence-electron chi connectivity index (χ0n) is 18.4. The smallest absolute Gasteiger partial charge is 0.254 e. The zero-order valence-corrected chi connectivity index (χ0v) is 18.4. The van der Waals surface area contributed by atoms with E-state index in [1.165, 1.54) is 0 Å². The minimum Gasteiger partial charge on any atom is -0.489 e. The second-order valence-corrected chi connectivity index (χ2v) is 9.30. The van der Waals surface area contributed by atoms with E-state index in [-0.39, 0.29) is 42.7 Å². The predicted molar refractivity (Wildman–Crippen MR) is 116 cm³/mol. The average molecular weight is 442 g/mol. The van der Waals surface area contributed by atoms with E-state index in [0.717, 1.165) is 69.7 Å². The van der Waals surface area contributed by atoms with Crippen LogP contribution in [0.1, 0.15) is 60.9 Å². The highest BCUT2D eigenvalue weighted by molar-refractivity contribution is 6.02. The lowest BCUT2D eigenvalue weighted by molar-refractivity contribution is -0.135. The highest BCUT2D eigenvalue weighted by Crippen LogP contribution is 2.33. The predicted octanol–water partition coefficient (Wildman–Crippen LogP) is 1.86. The first kappa shape index (κ1) is 21.4. The minimum absolute atomic E-state index is 0.111. The van der Waals surface area contributed by atoms with Crippen molar-refractivity contribution in [2.24, 2.45) is 0 Å². The molecule has 1 aromatic carbocycles. The molecule has 172 valence electrons. The number of hydrogen-bond acceptors (Lipinski definition) is 6. The van der Waals surface area contributed by atoms with Crippen LogP contribution in [-0.2, 0) is 20.9 Å². The van der Waals surface area contributed by atoms with E-state index in [1.807, 2.05) is 18.2 Å². The molecule has 8 heteroatoms. The third-order valence-electron chi connectivity index (χ3n) is 7.11. The number of hydrogen-bond donors (Lipinski definition) is 1. The molecule has 3 aliphatic heterocycles. The Morgan fingerprint density at radius 3 is 2.47 bits per heavy atom. The van der Waals surface area contributed by atoms with Crippen molar-refractivity contribution >= 4 is 17.7 Å². The summed E-state index contributed by atoms with van der Waals surface area (Å²) in [5, 5.41) is 2.31. The number of fused-ring (bicyclic) bond motifs is 1. The van der Waals surface area contributed by atoms with Crippen LogP contribution in [0, 0.1) is 0 Å². The van der Waals surface area contributed by atoms with Crippen molar-refractivity contribution in [3.05, 3.63) is 29.3 Å².